The second-order valence-electron chi connectivity index (χ2n) is 11.3. The van der Waals surface area contributed by atoms with Gasteiger partial charge in [-0.15, -0.1) is 0 Å². The molecule has 4 aromatic carbocycles. The van der Waals surface area contributed by atoms with Crippen molar-refractivity contribution in [2.24, 2.45) is 0 Å². The van der Waals surface area contributed by atoms with Gasteiger partial charge in [-0.05, 0) is 70.5 Å². The van der Waals surface area contributed by atoms with E-state index in [1.807, 2.05) is 78.9 Å². The van der Waals surface area contributed by atoms with Crippen LogP contribution in [-0.4, -0.2) is 40.6 Å². The number of sulfonamides is 1. The summed E-state index contributed by atoms with van der Waals surface area (Å²) >= 11 is 0. The van der Waals surface area contributed by atoms with Crippen LogP contribution in [0.2, 0.25) is 0 Å². The summed E-state index contributed by atoms with van der Waals surface area (Å²) in [6.07, 6.45) is 0.481. The van der Waals surface area contributed by atoms with Crippen LogP contribution in [0.15, 0.2) is 95.9 Å². The lowest BCUT2D eigenvalue weighted by atomic mass is 9.87. The Bertz CT molecular complexity index is 1600. The van der Waals surface area contributed by atoms with Crippen LogP contribution >= 0.6 is 0 Å². The average molecular weight is 604 g/mol. The summed E-state index contributed by atoms with van der Waals surface area (Å²) in [5, 5.41) is 0. The minimum absolute atomic E-state index is 0.0870. The molecule has 0 aliphatic rings. The van der Waals surface area contributed by atoms with Crippen LogP contribution in [0.3, 0.4) is 0 Å². The number of methoxy groups -OCH3 is 3. The predicted octanol–water partition coefficient (Wildman–Crippen LogP) is 7.02. The van der Waals surface area contributed by atoms with Crippen molar-refractivity contribution >= 4 is 10.0 Å². The zero-order valence-corrected chi connectivity index (χ0v) is 26.6. The molecule has 0 heterocycles. The molecule has 0 aliphatic heterocycles. The van der Waals surface area contributed by atoms with Crippen LogP contribution in [-0.2, 0) is 35.0 Å². The van der Waals surface area contributed by atoms with Gasteiger partial charge in [-0.2, -0.15) is 4.31 Å². The first-order valence-electron chi connectivity index (χ1n) is 14.2. The fraction of sp³-hybridized carbons (Fsp3) is 0.314. The molecular formula is C35H41NO6S. The van der Waals surface area contributed by atoms with Crippen molar-refractivity contribution in [1.29, 1.82) is 0 Å². The number of rotatable bonds is 13. The molecule has 0 aliphatic carbocycles. The van der Waals surface area contributed by atoms with E-state index in [1.165, 1.54) is 4.31 Å². The standard InChI is InChI=1S/C35H41NO6S/c1-35(2,3)29-14-16-30(17-15-29)43(37,38)36(21-20-26-12-18-31(39-4)33(22-26)40-5)24-28-13-19-32(34(23-28)41-6)42-25-27-10-8-7-9-11-27/h7-19,22-23H,20-21,24-25H2,1-6H3. The van der Waals surface area contributed by atoms with E-state index in [-0.39, 0.29) is 23.4 Å². The Morgan fingerprint density at radius 3 is 1.86 bits per heavy atom. The fourth-order valence-corrected chi connectivity index (χ4v) is 6.15. The third-order valence-corrected chi connectivity index (χ3v) is 9.14. The van der Waals surface area contributed by atoms with Gasteiger partial charge in [-0.1, -0.05) is 75.4 Å². The highest BCUT2D eigenvalue weighted by Crippen LogP contribution is 2.32. The maximum atomic E-state index is 14.0. The maximum Gasteiger partial charge on any atom is 0.243 e. The molecule has 0 amide bonds. The molecule has 4 rings (SSSR count). The molecule has 0 saturated carbocycles. The van der Waals surface area contributed by atoms with E-state index in [1.54, 1.807) is 33.5 Å². The van der Waals surface area contributed by atoms with Crippen LogP contribution in [0, 0.1) is 0 Å². The third-order valence-electron chi connectivity index (χ3n) is 7.28. The van der Waals surface area contributed by atoms with E-state index in [9.17, 15) is 8.42 Å². The molecule has 0 unspecified atom stereocenters. The summed E-state index contributed by atoms with van der Waals surface area (Å²) in [7, 11) is 0.919. The average Bonchev–Trinajstić information content (AvgIpc) is 3.02. The highest BCUT2D eigenvalue weighted by molar-refractivity contribution is 7.89. The topological polar surface area (TPSA) is 74.3 Å². The van der Waals surface area contributed by atoms with Crippen LogP contribution in [0.1, 0.15) is 43.0 Å². The van der Waals surface area contributed by atoms with Gasteiger partial charge >= 0.3 is 0 Å². The number of hydrogen-bond acceptors (Lipinski definition) is 6. The molecule has 0 atom stereocenters. The van der Waals surface area contributed by atoms with Crippen LogP contribution in [0.5, 0.6) is 23.0 Å². The normalized spacial score (nSPS) is 11.8. The molecule has 43 heavy (non-hydrogen) atoms. The van der Waals surface area contributed by atoms with E-state index < -0.39 is 10.0 Å². The molecule has 7 nitrogen and oxygen atoms in total. The smallest absolute Gasteiger partial charge is 0.243 e. The Labute approximate surface area is 256 Å². The van der Waals surface area contributed by atoms with Gasteiger partial charge in [-0.3, -0.25) is 0 Å². The second-order valence-corrected chi connectivity index (χ2v) is 13.2. The zero-order chi connectivity index (χ0) is 31.0. The monoisotopic (exact) mass is 603 g/mol. The van der Waals surface area contributed by atoms with Crippen LogP contribution in [0.4, 0.5) is 0 Å². The van der Waals surface area contributed by atoms with E-state index in [4.69, 9.17) is 18.9 Å². The van der Waals surface area contributed by atoms with Crippen molar-refractivity contribution in [1.82, 2.24) is 4.31 Å². The van der Waals surface area contributed by atoms with Gasteiger partial charge in [0.2, 0.25) is 10.0 Å². The first-order chi connectivity index (χ1) is 20.5. The number of benzene rings is 4. The molecule has 228 valence electrons. The van der Waals surface area contributed by atoms with E-state index in [2.05, 4.69) is 20.8 Å². The quantitative estimate of drug-likeness (QED) is 0.164. The van der Waals surface area contributed by atoms with Crippen molar-refractivity contribution in [3.63, 3.8) is 0 Å². The second kappa shape index (κ2) is 14.0. The molecule has 0 bridgehead atoms. The maximum absolute atomic E-state index is 14.0. The Morgan fingerprint density at radius 2 is 1.23 bits per heavy atom. The molecule has 0 N–H and O–H groups in total. The predicted molar refractivity (Wildman–Crippen MR) is 170 cm³/mol. The van der Waals surface area contributed by atoms with Crippen molar-refractivity contribution in [3.8, 4) is 23.0 Å². The van der Waals surface area contributed by atoms with Crippen LogP contribution in [0.25, 0.3) is 0 Å². The number of nitrogens with zero attached hydrogens (tertiary/aromatic N) is 1. The third kappa shape index (κ3) is 8.09. The van der Waals surface area contributed by atoms with Gasteiger partial charge in [0.05, 0.1) is 26.2 Å². The lowest BCUT2D eigenvalue weighted by Crippen LogP contribution is -2.32. The zero-order valence-electron chi connectivity index (χ0n) is 25.8. The molecule has 0 saturated heterocycles. The lowest BCUT2D eigenvalue weighted by Gasteiger charge is -2.24. The first kappa shape index (κ1) is 31.9. The largest absolute Gasteiger partial charge is 0.493 e. The summed E-state index contributed by atoms with van der Waals surface area (Å²) in [6.45, 7) is 7.12. The summed E-state index contributed by atoms with van der Waals surface area (Å²) < 4.78 is 52.1. The molecule has 8 heteroatoms. The van der Waals surface area contributed by atoms with Gasteiger partial charge in [0.1, 0.15) is 6.61 Å². The van der Waals surface area contributed by atoms with Gasteiger partial charge in [-0.25, -0.2) is 8.42 Å². The summed E-state index contributed by atoms with van der Waals surface area (Å²) in [4.78, 5) is 0.252. The molecule has 0 spiro atoms. The molecule has 0 aromatic heterocycles. The van der Waals surface area contributed by atoms with E-state index in [0.29, 0.717) is 36.0 Å². The number of hydrogen-bond donors (Lipinski definition) is 0. The van der Waals surface area contributed by atoms with Gasteiger partial charge in [0, 0.05) is 13.1 Å². The SMILES string of the molecule is COc1ccc(CCN(Cc2ccc(OCc3ccccc3)c(OC)c2)S(=O)(=O)c2ccc(C(C)(C)C)cc2)cc1OC. The summed E-state index contributed by atoms with van der Waals surface area (Å²) in [5.74, 6) is 2.35. The van der Waals surface area contributed by atoms with Gasteiger partial charge in [0.15, 0.2) is 23.0 Å². The first-order valence-corrected chi connectivity index (χ1v) is 15.6. The van der Waals surface area contributed by atoms with Crippen LogP contribution < -0.4 is 18.9 Å². The highest BCUT2D eigenvalue weighted by atomic mass is 32.2. The van der Waals surface area contributed by atoms with Crippen molar-refractivity contribution in [3.05, 3.63) is 113 Å². The minimum Gasteiger partial charge on any atom is -0.493 e. The Morgan fingerprint density at radius 1 is 0.651 bits per heavy atom. The summed E-state index contributed by atoms with van der Waals surface area (Å²) in [5.41, 5.74) is 3.74. The lowest BCUT2D eigenvalue weighted by molar-refractivity contribution is 0.284. The van der Waals surface area contributed by atoms with Crippen molar-refractivity contribution in [2.75, 3.05) is 27.9 Å². The minimum atomic E-state index is -3.83. The molecular weight excluding hydrogens is 562 g/mol. The summed E-state index contributed by atoms with van der Waals surface area (Å²) in [6, 6.07) is 28.2. The Kier molecular flexibility index (Phi) is 10.4. The molecule has 4 aromatic rings. The molecule has 0 fully saturated rings. The van der Waals surface area contributed by atoms with E-state index >= 15 is 0 Å². The fourth-order valence-electron chi connectivity index (χ4n) is 4.72. The number of ether oxygens (including phenoxy) is 4. The Balaban J connectivity index is 1.61. The highest BCUT2D eigenvalue weighted by Gasteiger charge is 2.26. The van der Waals surface area contributed by atoms with E-state index in [0.717, 1.165) is 22.3 Å². The molecule has 0 radical (unpaired) electrons. The van der Waals surface area contributed by atoms with Crippen molar-refractivity contribution < 1.29 is 27.4 Å². The van der Waals surface area contributed by atoms with Crippen molar-refractivity contribution in [2.45, 2.75) is 50.7 Å². The Hall–Kier alpha value is -4.01. The van der Waals surface area contributed by atoms with Gasteiger partial charge < -0.3 is 18.9 Å². The van der Waals surface area contributed by atoms with Gasteiger partial charge in [0.25, 0.3) is 0 Å².